The lowest BCUT2D eigenvalue weighted by Crippen LogP contribution is -2.33. The predicted molar refractivity (Wildman–Crippen MR) is 69.5 cm³/mol. The van der Waals surface area contributed by atoms with Gasteiger partial charge in [-0.15, -0.1) is 0 Å². The Morgan fingerprint density at radius 3 is 2.60 bits per heavy atom. The summed E-state index contributed by atoms with van der Waals surface area (Å²) in [6.07, 6.45) is 7.46. The van der Waals surface area contributed by atoms with Crippen molar-refractivity contribution >= 4 is 15.9 Å². The predicted octanol–water partition coefficient (Wildman–Crippen LogP) is 3.53. The maximum atomic E-state index is 3.57. The van der Waals surface area contributed by atoms with Crippen LogP contribution in [0.15, 0.2) is 0 Å². The maximum Gasteiger partial charge on any atom is 0.0159 e. The van der Waals surface area contributed by atoms with Gasteiger partial charge in [0.1, 0.15) is 0 Å². The van der Waals surface area contributed by atoms with Crippen molar-refractivity contribution in [2.24, 2.45) is 17.8 Å². The molecule has 88 valence electrons. The SMILES string of the molecule is CCCN(CCBr)CC1CC2CCC1C2. The quantitative estimate of drug-likeness (QED) is 0.670. The molecule has 0 amide bonds. The molecule has 0 aromatic heterocycles. The third kappa shape index (κ3) is 2.97. The van der Waals surface area contributed by atoms with Crippen molar-refractivity contribution < 1.29 is 0 Å². The number of nitrogens with zero attached hydrogens (tertiary/aromatic N) is 1. The van der Waals surface area contributed by atoms with Crippen molar-refractivity contribution in [3.63, 3.8) is 0 Å². The lowest BCUT2D eigenvalue weighted by Gasteiger charge is -2.29. The van der Waals surface area contributed by atoms with Crippen LogP contribution in [0.2, 0.25) is 0 Å². The highest BCUT2D eigenvalue weighted by Crippen LogP contribution is 2.48. The minimum Gasteiger partial charge on any atom is -0.302 e. The molecule has 2 saturated carbocycles. The van der Waals surface area contributed by atoms with E-state index in [1.54, 1.807) is 6.42 Å². The van der Waals surface area contributed by atoms with Gasteiger partial charge in [0.25, 0.3) is 0 Å². The maximum absolute atomic E-state index is 3.57. The third-order valence-corrected chi connectivity index (χ3v) is 4.67. The molecular formula is C13H24BrN. The van der Waals surface area contributed by atoms with Crippen LogP contribution in [0.3, 0.4) is 0 Å². The molecule has 0 heterocycles. The van der Waals surface area contributed by atoms with Crippen LogP contribution in [0.4, 0.5) is 0 Å². The largest absolute Gasteiger partial charge is 0.302 e. The molecule has 0 radical (unpaired) electrons. The lowest BCUT2D eigenvalue weighted by atomic mass is 9.88. The Bertz CT molecular complexity index is 189. The molecule has 2 bridgehead atoms. The Labute approximate surface area is 103 Å². The number of fused-ring (bicyclic) bond motifs is 2. The van der Waals surface area contributed by atoms with Gasteiger partial charge in [0, 0.05) is 18.4 Å². The number of hydrogen-bond donors (Lipinski definition) is 0. The van der Waals surface area contributed by atoms with E-state index in [-0.39, 0.29) is 0 Å². The highest BCUT2D eigenvalue weighted by molar-refractivity contribution is 9.09. The molecule has 2 aliphatic carbocycles. The second-order valence-corrected chi connectivity index (χ2v) is 6.22. The molecule has 0 aromatic rings. The molecule has 15 heavy (non-hydrogen) atoms. The first-order chi connectivity index (χ1) is 7.33. The summed E-state index contributed by atoms with van der Waals surface area (Å²) in [5.74, 6) is 3.23. The fourth-order valence-corrected chi connectivity index (χ4v) is 4.16. The number of hydrogen-bond acceptors (Lipinski definition) is 1. The van der Waals surface area contributed by atoms with Gasteiger partial charge >= 0.3 is 0 Å². The van der Waals surface area contributed by atoms with E-state index in [9.17, 15) is 0 Å². The van der Waals surface area contributed by atoms with E-state index in [1.807, 2.05) is 0 Å². The Morgan fingerprint density at radius 2 is 2.07 bits per heavy atom. The van der Waals surface area contributed by atoms with Crippen molar-refractivity contribution in [1.82, 2.24) is 4.90 Å². The molecule has 1 nitrogen and oxygen atoms in total. The van der Waals surface area contributed by atoms with E-state index in [0.29, 0.717) is 0 Å². The highest BCUT2D eigenvalue weighted by Gasteiger charge is 2.39. The Hall–Kier alpha value is 0.440. The van der Waals surface area contributed by atoms with Crippen molar-refractivity contribution in [3.8, 4) is 0 Å². The average Bonchev–Trinajstić information content (AvgIpc) is 2.80. The van der Waals surface area contributed by atoms with Gasteiger partial charge in [-0.2, -0.15) is 0 Å². The molecule has 2 heteroatoms. The second kappa shape index (κ2) is 5.67. The van der Waals surface area contributed by atoms with Gasteiger partial charge < -0.3 is 4.90 Å². The van der Waals surface area contributed by atoms with E-state index >= 15 is 0 Å². The molecule has 2 aliphatic rings. The summed E-state index contributed by atoms with van der Waals surface area (Å²) in [5, 5.41) is 1.13. The fourth-order valence-electron chi connectivity index (χ4n) is 3.66. The Kier molecular flexibility index (Phi) is 4.51. The van der Waals surface area contributed by atoms with Crippen LogP contribution in [-0.4, -0.2) is 29.9 Å². The van der Waals surface area contributed by atoms with Crippen molar-refractivity contribution in [3.05, 3.63) is 0 Å². The smallest absolute Gasteiger partial charge is 0.0159 e. The topological polar surface area (TPSA) is 3.24 Å². The molecule has 3 atom stereocenters. The van der Waals surface area contributed by atoms with Gasteiger partial charge in [-0.25, -0.2) is 0 Å². The van der Waals surface area contributed by atoms with Gasteiger partial charge in [0.2, 0.25) is 0 Å². The van der Waals surface area contributed by atoms with Gasteiger partial charge in [-0.05, 0) is 50.0 Å². The van der Waals surface area contributed by atoms with Gasteiger partial charge in [-0.1, -0.05) is 29.3 Å². The van der Waals surface area contributed by atoms with Crippen LogP contribution < -0.4 is 0 Å². The first-order valence-corrected chi connectivity index (χ1v) is 7.74. The van der Waals surface area contributed by atoms with Crippen molar-refractivity contribution in [1.29, 1.82) is 0 Å². The summed E-state index contributed by atoms with van der Waals surface area (Å²) in [6.45, 7) is 6.20. The number of rotatable bonds is 6. The van der Waals surface area contributed by atoms with Gasteiger partial charge in [0.05, 0.1) is 0 Å². The minimum atomic E-state index is 1.04. The van der Waals surface area contributed by atoms with Crippen LogP contribution in [0.5, 0.6) is 0 Å². The number of alkyl halides is 1. The van der Waals surface area contributed by atoms with E-state index in [4.69, 9.17) is 0 Å². The first-order valence-electron chi connectivity index (χ1n) is 6.61. The van der Waals surface area contributed by atoms with E-state index in [0.717, 1.165) is 23.1 Å². The van der Waals surface area contributed by atoms with Gasteiger partial charge in [-0.3, -0.25) is 0 Å². The standard InChI is InChI=1S/C13H24BrN/c1-2-6-15(7-5-14)10-13-9-11-3-4-12(13)8-11/h11-13H,2-10H2,1H3. The van der Waals surface area contributed by atoms with Crippen LogP contribution in [0.1, 0.15) is 39.0 Å². The summed E-state index contributed by atoms with van der Waals surface area (Å²) in [5.41, 5.74) is 0. The molecule has 0 N–H and O–H groups in total. The summed E-state index contributed by atoms with van der Waals surface area (Å²) >= 11 is 3.57. The summed E-state index contributed by atoms with van der Waals surface area (Å²) in [6, 6.07) is 0. The molecule has 0 aliphatic heterocycles. The van der Waals surface area contributed by atoms with E-state index in [2.05, 4.69) is 27.8 Å². The summed E-state index contributed by atoms with van der Waals surface area (Å²) < 4.78 is 0. The molecule has 0 saturated heterocycles. The lowest BCUT2D eigenvalue weighted by molar-refractivity contribution is 0.198. The van der Waals surface area contributed by atoms with Crippen molar-refractivity contribution in [2.75, 3.05) is 25.0 Å². The fraction of sp³-hybridized carbons (Fsp3) is 1.00. The zero-order valence-corrected chi connectivity index (χ0v) is 11.5. The van der Waals surface area contributed by atoms with Crippen LogP contribution >= 0.6 is 15.9 Å². The van der Waals surface area contributed by atoms with Crippen LogP contribution in [0.25, 0.3) is 0 Å². The van der Waals surface area contributed by atoms with Crippen LogP contribution in [-0.2, 0) is 0 Å². The van der Waals surface area contributed by atoms with Crippen molar-refractivity contribution in [2.45, 2.75) is 39.0 Å². The average molecular weight is 274 g/mol. The highest BCUT2D eigenvalue weighted by atomic mass is 79.9. The second-order valence-electron chi connectivity index (χ2n) is 5.42. The molecule has 0 aromatic carbocycles. The summed E-state index contributed by atoms with van der Waals surface area (Å²) in [7, 11) is 0. The summed E-state index contributed by atoms with van der Waals surface area (Å²) in [4.78, 5) is 2.67. The first kappa shape index (κ1) is 11.9. The third-order valence-electron chi connectivity index (χ3n) is 4.32. The Morgan fingerprint density at radius 1 is 1.20 bits per heavy atom. The minimum absolute atomic E-state index is 1.04. The molecule has 3 unspecified atom stereocenters. The Balaban J connectivity index is 1.78. The molecule has 2 fully saturated rings. The zero-order chi connectivity index (χ0) is 10.7. The zero-order valence-electron chi connectivity index (χ0n) is 9.92. The van der Waals surface area contributed by atoms with Crippen LogP contribution in [0, 0.1) is 17.8 Å². The van der Waals surface area contributed by atoms with E-state index < -0.39 is 0 Å². The van der Waals surface area contributed by atoms with E-state index in [1.165, 1.54) is 45.3 Å². The molecule has 2 rings (SSSR count). The molecule has 0 spiro atoms. The van der Waals surface area contributed by atoms with Gasteiger partial charge in [0.15, 0.2) is 0 Å². The monoisotopic (exact) mass is 273 g/mol. The molecular weight excluding hydrogens is 250 g/mol. The number of halogens is 1. The normalized spacial score (nSPS) is 34.2.